The van der Waals surface area contributed by atoms with E-state index in [0.717, 1.165) is 0 Å². The number of imidazole rings is 1. The summed E-state index contributed by atoms with van der Waals surface area (Å²) in [5, 5.41) is 0. The molecule has 0 bridgehead atoms. The molecule has 0 unspecified atom stereocenters. The fourth-order valence-corrected chi connectivity index (χ4v) is 1.94. The fourth-order valence-electron chi connectivity index (χ4n) is 1.94. The van der Waals surface area contributed by atoms with Crippen molar-refractivity contribution in [3.8, 4) is 0 Å². The molecular formula is C12H14F3N3. The zero-order valence-electron chi connectivity index (χ0n) is 10.1. The molecule has 1 aromatic heterocycles. The molecule has 2 rings (SSSR count). The molecule has 2 aromatic rings. The third-order valence-corrected chi connectivity index (χ3v) is 3.00. The maximum atomic E-state index is 13.0. The molecule has 18 heavy (non-hydrogen) atoms. The molecule has 0 saturated heterocycles. The summed E-state index contributed by atoms with van der Waals surface area (Å²) in [5.74, 6) is -0.863. The molecule has 0 aliphatic heterocycles. The maximum Gasteiger partial charge on any atom is 0.449 e. The maximum absolute atomic E-state index is 13.0. The van der Waals surface area contributed by atoms with Crippen LogP contribution >= 0.6 is 0 Å². The molecule has 1 atom stereocenters. The zero-order chi connectivity index (χ0) is 13.5. The summed E-state index contributed by atoms with van der Waals surface area (Å²) >= 11 is 0. The van der Waals surface area contributed by atoms with Crippen molar-refractivity contribution in [3.05, 3.63) is 24.0 Å². The number of nitrogen functional groups attached to an aromatic ring is 1. The number of nitrogens with zero attached hydrogens (tertiary/aromatic N) is 2. The van der Waals surface area contributed by atoms with Crippen LogP contribution in [-0.2, 0) is 6.18 Å². The van der Waals surface area contributed by atoms with Crippen LogP contribution in [0.15, 0.2) is 18.2 Å². The number of benzene rings is 1. The lowest BCUT2D eigenvalue weighted by molar-refractivity contribution is -0.147. The number of hydrogen-bond donors (Lipinski definition) is 1. The summed E-state index contributed by atoms with van der Waals surface area (Å²) in [7, 11) is 0. The first-order chi connectivity index (χ1) is 8.34. The van der Waals surface area contributed by atoms with Crippen molar-refractivity contribution in [2.45, 2.75) is 32.5 Å². The van der Waals surface area contributed by atoms with Crippen molar-refractivity contribution < 1.29 is 13.2 Å². The average Bonchev–Trinajstić information content (AvgIpc) is 2.66. The van der Waals surface area contributed by atoms with Gasteiger partial charge in [-0.2, -0.15) is 13.2 Å². The number of aromatic nitrogens is 2. The van der Waals surface area contributed by atoms with Gasteiger partial charge in [0.2, 0.25) is 5.82 Å². The highest BCUT2D eigenvalue weighted by Crippen LogP contribution is 2.34. The number of hydrogen-bond acceptors (Lipinski definition) is 2. The van der Waals surface area contributed by atoms with Crippen LogP contribution < -0.4 is 5.73 Å². The van der Waals surface area contributed by atoms with Crippen molar-refractivity contribution in [3.63, 3.8) is 0 Å². The molecule has 0 aliphatic carbocycles. The molecule has 6 heteroatoms. The molecule has 0 spiro atoms. The van der Waals surface area contributed by atoms with E-state index in [1.54, 1.807) is 19.1 Å². The van der Waals surface area contributed by atoms with Gasteiger partial charge >= 0.3 is 6.18 Å². The first-order valence-corrected chi connectivity index (χ1v) is 5.69. The zero-order valence-corrected chi connectivity index (χ0v) is 10.1. The average molecular weight is 257 g/mol. The highest BCUT2D eigenvalue weighted by molar-refractivity contribution is 5.80. The summed E-state index contributed by atoms with van der Waals surface area (Å²) in [6.07, 6.45) is -3.86. The monoisotopic (exact) mass is 257 g/mol. The number of rotatable bonds is 2. The first-order valence-electron chi connectivity index (χ1n) is 5.69. The largest absolute Gasteiger partial charge is 0.449 e. The Morgan fingerprint density at radius 2 is 2.06 bits per heavy atom. The Balaban J connectivity index is 2.76. The minimum absolute atomic E-state index is 0.268. The van der Waals surface area contributed by atoms with Crippen LogP contribution in [0.1, 0.15) is 32.1 Å². The van der Waals surface area contributed by atoms with E-state index in [9.17, 15) is 13.2 Å². The van der Waals surface area contributed by atoms with Crippen molar-refractivity contribution in [2.24, 2.45) is 0 Å². The van der Waals surface area contributed by atoms with E-state index in [4.69, 9.17) is 5.73 Å². The van der Waals surface area contributed by atoms with E-state index in [0.29, 0.717) is 17.6 Å². The lowest BCUT2D eigenvalue weighted by Gasteiger charge is -2.17. The number of fused-ring (bicyclic) bond motifs is 1. The van der Waals surface area contributed by atoms with E-state index >= 15 is 0 Å². The Labute approximate surface area is 102 Å². The SMILES string of the molecule is CC[C@@H](C)n1c(C(F)(F)F)nc2cc(N)ccc21. The Morgan fingerprint density at radius 3 is 2.61 bits per heavy atom. The highest BCUT2D eigenvalue weighted by atomic mass is 19.4. The minimum Gasteiger partial charge on any atom is -0.399 e. The van der Waals surface area contributed by atoms with E-state index in [1.807, 2.05) is 6.92 Å². The van der Waals surface area contributed by atoms with E-state index in [2.05, 4.69) is 4.98 Å². The molecule has 1 heterocycles. The number of anilines is 1. The van der Waals surface area contributed by atoms with Gasteiger partial charge in [0.1, 0.15) is 0 Å². The van der Waals surface area contributed by atoms with Crippen LogP contribution in [0.4, 0.5) is 18.9 Å². The second kappa shape index (κ2) is 4.19. The Kier molecular flexibility index (Phi) is 2.96. The summed E-state index contributed by atoms with van der Waals surface area (Å²) < 4.78 is 40.1. The van der Waals surface area contributed by atoms with Gasteiger partial charge in [-0.15, -0.1) is 0 Å². The van der Waals surface area contributed by atoms with Crippen molar-refractivity contribution in [2.75, 3.05) is 5.73 Å². The molecule has 0 fully saturated rings. The topological polar surface area (TPSA) is 43.8 Å². The standard InChI is InChI=1S/C12H14F3N3/c1-3-7(2)18-10-5-4-8(16)6-9(10)17-11(18)12(13,14)15/h4-7H,3,16H2,1-2H3/t7-/m1/s1. The lowest BCUT2D eigenvalue weighted by atomic mass is 10.2. The van der Waals surface area contributed by atoms with Crippen LogP contribution in [-0.4, -0.2) is 9.55 Å². The predicted octanol–water partition coefficient (Wildman–Crippen LogP) is 3.61. The molecule has 0 amide bonds. The second-order valence-corrected chi connectivity index (χ2v) is 4.31. The van der Waals surface area contributed by atoms with Gasteiger partial charge in [-0.05, 0) is 31.5 Å². The summed E-state index contributed by atoms with van der Waals surface area (Å²) in [4.78, 5) is 3.67. The molecule has 0 saturated carbocycles. The Hall–Kier alpha value is -1.72. The Morgan fingerprint density at radius 1 is 1.39 bits per heavy atom. The van der Waals surface area contributed by atoms with Gasteiger partial charge in [-0.25, -0.2) is 4.98 Å². The van der Waals surface area contributed by atoms with Crippen LogP contribution in [0.2, 0.25) is 0 Å². The highest BCUT2D eigenvalue weighted by Gasteiger charge is 2.38. The van der Waals surface area contributed by atoms with Crippen molar-refractivity contribution >= 4 is 16.7 Å². The van der Waals surface area contributed by atoms with Gasteiger partial charge in [-0.1, -0.05) is 6.92 Å². The van der Waals surface area contributed by atoms with Gasteiger partial charge in [0.25, 0.3) is 0 Å². The van der Waals surface area contributed by atoms with E-state index in [-0.39, 0.29) is 11.6 Å². The van der Waals surface area contributed by atoms with Crippen LogP contribution in [0.5, 0.6) is 0 Å². The number of nitrogens with two attached hydrogens (primary N) is 1. The molecule has 2 N–H and O–H groups in total. The molecule has 3 nitrogen and oxygen atoms in total. The van der Waals surface area contributed by atoms with Crippen LogP contribution in [0.3, 0.4) is 0 Å². The third-order valence-electron chi connectivity index (χ3n) is 3.00. The summed E-state index contributed by atoms with van der Waals surface area (Å²) in [5.41, 5.74) is 6.72. The number of halogens is 3. The van der Waals surface area contributed by atoms with Crippen LogP contribution in [0.25, 0.3) is 11.0 Å². The van der Waals surface area contributed by atoms with Gasteiger partial charge in [0, 0.05) is 11.7 Å². The molecule has 0 aliphatic rings. The van der Waals surface area contributed by atoms with Gasteiger partial charge in [0.05, 0.1) is 11.0 Å². The summed E-state index contributed by atoms with van der Waals surface area (Å²) in [6.45, 7) is 3.58. The smallest absolute Gasteiger partial charge is 0.399 e. The van der Waals surface area contributed by atoms with Gasteiger partial charge in [-0.3, -0.25) is 0 Å². The minimum atomic E-state index is -4.46. The number of alkyl halides is 3. The molecular weight excluding hydrogens is 243 g/mol. The van der Waals surface area contributed by atoms with E-state index in [1.165, 1.54) is 10.6 Å². The molecule has 1 aromatic carbocycles. The molecule has 98 valence electrons. The quantitative estimate of drug-likeness (QED) is 0.835. The molecule has 0 radical (unpaired) electrons. The van der Waals surface area contributed by atoms with Crippen molar-refractivity contribution in [1.82, 2.24) is 9.55 Å². The third kappa shape index (κ3) is 2.02. The van der Waals surface area contributed by atoms with Crippen LogP contribution in [0, 0.1) is 0 Å². The van der Waals surface area contributed by atoms with Gasteiger partial charge < -0.3 is 10.3 Å². The van der Waals surface area contributed by atoms with Gasteiger partial charge in [0.15, 0.2) is 0 Å². The second-order valence-electron chi connectivity index (χ2n) is 4.31. The predicted molar refractivity (Wildman–Crippen MR) is 64.1 cm³/mol. The fraction of sp³-hybridized carbons (Fsp3) is 0.417. The lowest BCUT2D eigenvalue weighted by Crippen LogP contribution is -2.17. The first kappa shape index (κ1) is 12.7. The summed E-state index contributed by atoms with van der Waals surface area (Å²) in [6, 6.07) is 4.36. The normalized spacial score (nSPS) is 14.1. The van der Waals surface area contributed by atoms with Crippen molar-refractivity contribution in [1.29, 1.82) is 0 Å². The Bertz CT molecular complexity index is 572. The van der Waals surface area contributed by atoms with E-state index < -0.39 is 12.0 Å².